The van der Waals surface area contributed by atoms with E-state index in [1.807, 2.05) is 44.2 Å². The number of primary amides is 1. The van der Waals surface area contributed by atoms with Gasteiger partial charge in [-0.3, -0.25) is 4.79 Å². The van der Waals surface area contributed by atoms with E-state index in [0.717, 1.165) is 16.7 Å². The van der Waals surface area contributed by atoms with Crippen molar-refractivity contribution in [2.24, 2.45) is 5.73 Å². The maximum Gasteiger partial charge on any atom is 0.253 e. The predicted molar refractivity (Wildman–Crippen MR) is 77.4 cm³/mol. The van der Waals surface area contributed by atoms with Crippen molar-refractivity contribution in [1.29, 1.82) is 0 Å². The van der Waals surface area contributed by atoms with E-state index < -0.39 is 5.91 Å². The van der Waals surface area contributed by atoms with E-state index in [-0.39, 0.29) is 0 Å². The number of rotatable bonds is 2. The van der Waals surface area contributed by atoms with Gasteiger partial charge in [-0.2, -0.15) is 0 Å². The summed E-state index contributed by atoms with van der Waals surface area (Å²) in [6, 6.07) is 9.59. The molecule has 0 saturated carbocycles. The standard InChI is InChI=1S/C16H14N2O2/c1-9-3-5-11(6-4-9)14-13(15(17)19)12-10(2)7-8-18-16(12)20-14/h3-8H,1-2H3,(H2,17,19). The van der Waals surface area contributed by atoms with Crippen LogP contribution in [0.3, 0.4) is 0 Å². The molecule has 2 heterocycles. The second kappa shape index (κ2) is 4.49. The molecule has 0 aliphatic heterocycles. The van der Waals surface area contributed by atoms with Gasteiger partial charge in [-0.15, -0.1) is 0 Å². The number of hydrogen-bond acceptors (Lipinski definition) is 3. The maximum absolute atomic E-state index is 11.8. The number of pyridine rings is 1. The summed E-state index contributed by atoms with van der Waals surface area (Å²) in [6.45, 7) is 3.91. The first-order valence-electron chi connectivity index (χ1n) is 6.33. The molecule has 0 aliphatic rings. The summed E-state index contributed by atoms with van der Waals surface area (Å²) in [5, 5.41) is 0.690. The lowest BCUT2D eigenvalue weighted by Crippen LogP contribution is -2.11. The number of carbonyl (C=O) groups excluding carboxylic acids is 1. The quantitative estimate of drug-likeness (QED) is 0.774. The Kier molecular flexibility index (Phi) is 2.79. The minimum absolute atomic E-state index is 0.398. The fourth-order valence-corrected chi connectivity index (χ4v) is 2.32. The second-order valence-electron chi connectivity index (χ2n) is 4.84. The number of nitrogens with zero attached hydrogens (tertiary/aromatic N) is 1. The largest absolute Gasteiger partial charge is 0.437 e. The van der Waals surface area contributed by atoms with Gasteiger partial charge in [0.2, 0.25) is 5.71 Å². The monoisotopic (exact) mass is 266 g/mol. The SMILES string of the molecule is Cc1ccc(-c2oc3nccc(C)c3c2C(N)=O)cc1. The average molecular weight is 266 g/mol. The molecule has 1 aromatic carbocycles. The Morgan fingerprint density at radius 1 is 1.15 bits per heavy atom. The van der Waals surface area contributed by atoms with Crippen molar-refractivity contribution in [1.82, 2.24) is 4.98 Å². The number of amides is 1. The van der Waals surface area contributed by atoms with Crippen LogP contribution in [0.15, 0.2) is 40.9 Å². The Balaban J connectivity index is 2.35. The number of aryl methyl sites for hydroxylation is 2. The Morgan fingerprint density at radius 2 is 1.85 bits per heavy atom. The van der Waals surface area contributed by atoms with Crippen LogP contribution in [-0.4, -0.2) is 10.9 Å². The third kappa shape index (κ3) is 1.86. The van der Waals surface area contributed by atoms with E-state index in [1.165, 1.54) is 0 Å². The summed E-state index contributed by atoms with van der Waals surface area (Å²) >= 11 is 0. The number of carbonyl (C=O) groups is 1. The molecule has 0 unspecified atom stereocenters. The van der Waals surface area contributed by atoms with Gasteiger partial charge in [-0.25, -0.2) is 4.98 Å². The van der Waals surface area contributed by atoms with Crippen LogP contribution in [0.25, 0.3) is 22.4 Å². The molecule has 3 rings (SSSR count). The van der Waals surface area contributed by atoms with Crippen LogP contribution in [0.1, 0.15) is 21.5 Å². The van der Waals surface area contributed by atoms with Crippen LogP contribution in [0.5, 0.6) is 0 Å². The van der Waals surface area contributed by atoms with Crippen molar-refractivity contribution in [3.8, 4) is 11.3 Å². The lowest BCUT2D eigenvalue weighted by Gasteiger charge is -2.01. The van der Waals surface area contributed by atoms with Crippen LogP contribution in [0.4, 0.5) is 0 Å². The molecule has 20 heavy (non-hydrogen) atoms. The highest BCUT2D eigenvalue weighted by atomic mass is 16.3. The first kappa shape index (κ1) is 12.4. The lowest BCUT2D eigenvalue weighted by molar-refractivity contribution is 0.100. The number of furan rings is 1. The molecule has 0 fully saturated rings. The molecule has 2 N–H and O–H groups in total. The Morgan fingerprint density at radius 3 is 2.50 bits per heavy atom. The van der Waals surface area contributed by atoms with Gasteiger partial charge in [0.15, 0.2) is 0 Å². The van der Waals surface area contributed by atoms with Crippen molar-refractivity contribution in [2.75, 3.05) is 0 Å². The topological polar surface area (TPSA) is 69.1 Å². The van der Waals surface area contributed by atoms with Crippen LogP contribution in [0.2, 0.25) is 0 Å². The number of benzene rings is 1. The molecule has 0 radical (unpaired) electrons. The van der Waals surface area contributed by atoms with Crippen LogP contribution >= 0.6 is 0 Å². The molecule has 0 atom stereocenters. The fraction of sp³-hybridized carbons (Fsp3) is 0.125. The fourth-order valence-electron chi connectivity index (χ4n) is 2.32. The highest BCUT2D eigenvalue weighted by Gasteiger charge is 2.22. The summed E-state index contributed by atoms with van der Waals surface area (Å²) in [7, 11) is 0. The van der Waals surface area contributed by atoms with E-state index in [9.17, 15) is 4.79 Å². The minimum atomic E-state index is -0.504. The average Bonchev–Trinajstić information content (AvgIpc) is 2.80. The molecule has 1 amide bonds. The zero-order valence-electron chi connectivity index (χ0n) is 11.3. The predicted octanol–water partition coefficient (Wildman–Crippen LogP) is 3.21. The smallest absolute Gasteiger partial charge is 0.253 e. The first-order chi connectivity index (χ1) is 9.58. The third-order valence-corrected chi connectivity index (χ3v) is 3.36. The van der Waals surface area contributed by atoms with Gasteiger partial charge >= 0.3 is 0 Å². The molecule has 4 heteroatoms. The van der Waals surface area contributed by atoms with Gasteiger partial charge in [0.05, 0.1) is 10.9 Å². The van der Waals surface area contributed by atoms with E-state index in [0.29, 0.717) is 22.4 Å². The molecule has 0 saturated heterocycles. The lowest BCUT2D eigenvalue weighted by atomic mass is 10.0. The minimum Gasteiger partial charge on any atom is -0.437 e. The van der Waals surface area contributed by atoms with Gasteiger partial charge < -0.3 is 10.2 Å². The number of hydrogen-bond donors (Lipinski definition) is 1. The van der Waals surface area contributed by atoms with Crippen molar-refractivity contribution < 1.29 is 9.21 Å². The van der Waals surface area contributed by atoms with Gasteiger partial charge in [0, 0.05) is 11.8 Å². The maximum atomic E-state index is 11.8. The summed E-state index contributed by atoms with van der Waals surface area (Å²) < 4.78 is 5.76. The van der Waals surface area contributed by atoms with Crippen molar-refractivity contribution in [2.45, 2.75) is 13.8 Å². The molecule has 100 valence electrons. The normalized spacial score (nSPS) is 10.9. The molecule has 2 aromatic heterocycles. The molecule has 0 bridgehead atoms. The molecule has 4 nitrogen and oxygen atoms in total. The number of nitrogens with two attached hydrogens (primary N) is 1. The molecule has 0 spiro atoms. The Bertz CT molecular complexity index is 801. The van der Waals surface area contributed by atoms with Crippen LogP contribution < -0.4 is 5.73 Å². The van der Waals surface area contributed by atoms with Gasteiger partial charge in [-0.1, -0.05) is 29.8 Å². The number of aromatic nitrogens is 1. The molecular formula is C16H14N2O2. The molecular weight excluding hydrogens is 252 g/mol. The summed E-state index contributed by atoms with van der Waals surface area (Å²) in [5.41, 5.74) is 9.25. The van der Waals surface area contributed by atoms with Gasteiger partial charge in [0.1, 0.15) is 5.76 Å². The summed E-state index contributed by atoms with van der Waals surface area (Å²) in [5.74, 6) is -0.0234. The molecule has 0 aliphatic carbocycles. The Hall–Kier alpha value is -2.62. The third-order valence-electron chi connectivity index (χ3n) is 3.36. The van der Waals surface area contributed by atoms with Crippen molar-refractivity contribution >= 4 is 17.0 Å². The van der Waals surface area contributed by atoms with E-state index in [4.69, 9.17) is 10.2 Å². The van der Waals surface area contributed by atoms with Crippen molar-refractivity contribution in [3.63, 3.8) is 0 Å². The van der Waals surface area contributed by atoms with E-state index in [1.54, 1.807) is 6.20 Å². The highest BCUT2D eigenvalue weighted by Crippen LogP contribution is 2.34. The second-order valence-corrected chi connectivity index (χ2v) is 4.84. The zero-order chi connectivity index (χ0) is 14.3. The Labute approximate surface area is 116 Å². The van der Waals surface area contributed by atoms with Gasteiger partial charge in [0.25, 0.3) is 5.91 Å². The highest BCUT2D eigenvalue weighted by molar-refractivity contribution is 6.10. The van der Waals surface area contributed by atoms with Gasteiger partial charge in [-0.05, 0) is 25.5 Å². The van der Waals surface area contributed by atoms with E-state index in [2.05, 4.69) is 4.98 Å². The summed E-state index contributed by atoms with van der Waals surface area (Å²) in [4.78, 5) is 16.0. The number of fused-ring (bicyclic) bond motifs is 1. The van der Waals surface area contributed by atoms with Crippen LogP contribution in [-0.2, 0) is 0 Å². The molecule has 3 aromatic rings. The zero-order valence-corrected chi connectivity index (χ0v) is 11.3. The van der Waals surface area contributed by atoms with Crippen LogP contribution in [0, 0.1) is 13.8 Å². The van der Waals surface area contributed by atoms with E-state index >= 15 is 0 Å². The van der Waals surface area contributed by atoms with Crippen molar-refractivity contribution in [3.05, 3.63) is 53.2 Å². The first-order valence-corrected chi connectivity index (χ1v) is 6.33. The summed E-state index contributed by atoms with van der Waals surface area (Å²) in [6.07, 6.45) is 1.66.